The third-order valence-corrected chi connectivity index (χ3v) is 4.07. The molecule has 0 aliphatic heterocycles. The van der Waals surface area contributed by atoms with Crippen LogP contribution in [0.2, 0.25) is 0 Å². The quantitative estimate of drug-likeness (QED) is 0.689. The van der Waals surface area contributed by atoms with E-state index in [1.807, 2.05) is 24.3 Å². The highest BCUT2D eigenvalue weighted by atomic mass is 19.1. The van der Waals surface area contributed by atoms with Crippen LogP contribution in [-0.2, 0) is 13.0 Å². The molecule has 1 amide bonds. The van der Waals surface area contributed by atoms with Gasteiger partial charge in [-0.05, 0) is 48.7 Å². The lowest BCUT2D eigenvalue weighted by Crippen LogP contribution is -2.24. The molecule has 2 N–H and O–H groups in total. The molecule has 0 bridgehead atoms. The van der Waals surface area contributed by atoms with Gasteiger partial charge in [0.2, 0.25) is 0 Å². The molecule has 5 nitrogen and oxygen atoms in total. The second-order valence-corrected chi connectivity index (χ2v) is 6.17. The number of aromatic nitrogens is 2. The molecule has 1 heterocycles. The standard InChI is InChI=1S/C21H21FN4O/c1-3-15-6-10-18(11-7-15)26-20-12-19(24-14(2)25-20)21(27)23-13-16-4-8-17(22)9-5-16/h4-12H,3,13H2,1-2H3,(H,23,27)(H,24,25,26). The molecule has 0 aliphatic carbocycles. The highest BCUT2D eigenvalue weighted by molar-refractivity contribution is 5.93. The molecule has 0 radical (unpaired) electrons. The first-order valence-corrected chi connectivity index (χ1v) is 8.78. The Morgan fingerprint density at radius 3 is 2.33 bits per heavy atom. The summed E-state index contributed by atoms with van der Waals surface area (Å²) in [7, 11) is 0. The van der Waals surface area contributed by atoms with Gasteiger partial charge in [0.15, 0.2) is 0 Å². The molecular formula is C21H21FN4O. The van der Waals surface area contributed by atoms with Gasteiger partial charge in [-0.2, -0.15) is 0 Å². The summed E-state index contributed by atoms with van der Waals surface area (Å²) in [5.74, 6) is 0.434. The zero-order valence-corrected chi connectivity index (χ0v) is 15.3. The Bertz CT molecular complexity index is 924. The normalized spacial score (nSPS) is 10.5. The Morgan fingerprint density at radius 2 is 1.67 bits per heavy atom. The predicted octanol–water partition coefficient (Wildman–Crippen LogP) is 4.16. The summed E-state index contributed by atoms with van der Waals surface area (Å²) in [6.45, 7) is 4.14. The molecule has 27 heavy (non-hydrogen) atoms. The minimum atomic E-state index is -0.311. The van der Waals surface area contributed by atoms with Gasteiger partial charge in [0.1, 0.15) is 23.2 Å². The molecule has 0 unspecified atom stereocenters. The van der Waals surface area contributed by atoms with Crippen LogP contribution in [-0.4, -0.2) is 15.9 Å². The van der Waals surface area contributed by atoms with Gasteiger partial charge >= 0.3 is 0 Å². The van der Waals surface area contributed by atoms with E-state index in [2.05, 4.69) is 27.5 Å². The fourth-order valence-corrected chi connectivity index (χ4v) is 2.59. The van der Waals surface area contributed by atoms with Crippen LogP contribution < -0.4 is 10.6 Å². The van der Waals surface area contributed by atoms with E-state index in [1.165, 1.54) is 17.7 Å². The van der Waals surface area contributed by atoms with Crippen molar-refractivity contribution in [3.8, 4) is 0 Å². The number of aryl methyl sites for hydroxylation is 2. The second-order valence-electron chi connectivity index (χ2n) is 6.17. The SMILES string of the molecule is CCc1ccc(Nc2cc(C(=O)NCc3ccc(F)cc3)nc(C)n2)cc1. The lowest BCUT2D eigenvalue weighted by atomic mass is 10.1. The monoisotopic (exact) mass is 364 g/mol. The number of carbonyl (C=O) groups excluding carboxylic acids is 1. The molecule has 0 saturated carbocycles. The van der Waals surface area contributed by atoms with E-state index < -0.39 is 0 Å². The van der Waals surface area contributed by atoms with E-state index in [0.29, 0.717) is 18.2 Å². The van der Waals surface area contributed by atoms with Crippen molar-refractivity contribution in [3.63, 3.8) is 0 Å². The molecule has 2 aromatic carbocycles. The molecule has 3 aromatic rings. The molecule has 6 heteroatoms. The zero-order chi connectivity index (χ0) is 19.2. The summed E-state index contributed by atoms with van der Waals surface area (Å²) in [4.78, 5) is 21.0. The van der Waals surface area contributed by atoms with E-state index in [1.54, 1.807) is 25.1 Å². The maximum absolute atomic E-state index is 12.9. The van der Waals surface area contributed by atoms with Crippen LogP contribution in [0.15, 0.2) is 54.6 Å². The number of benzene rings is 2. The van der Waals surface area contributed by atoms with Crippen molar-refractivity contribution in [3.05, 3.63) is 83.1 Å². The lowest BCUT2D eigenvalue weighted by molar-refractivity contribution is 0.0945. The van der Waals surface area contributed by atoms with E-state index >= 15 is 0 Å². The van der Waals surface area contributed by atoms with Crippen LogP contribution in [0.25, 0.3) is 0 Å². The molecule has 0 atom stereocenters. The van der Waals surface area contributed by atoms with Gasteiger partial charge in [-0.15, -0.1) is 0 Å². The predicted molar refractivity (Wildman–Crippen MR) is 103 cm³/mol. The van der Waals surface area contributed by atoms with Gasteiger partial charge in [0.25, 0.3) is 5.91 Å². The Morgan fingerprint density at radius 1 is 1.00 bits per heavy atom. The van der Waals surface area contributed by atoms with Gasteiger partial charge < -0.3 is 10.6 Å². The molecule has 0 aliphatic rings. The zero-order valence-electron chi connectivity index (χ0n) is 15.3. The fraction of sp³-hybridized carbons (Fsp3) is 0.190. The number of amides is 1. The largest absolute Gasteiger partial charge is 0.347 e. The summed E-state index contributed by atoms with van der Waals surface area (Å²) in [6, 6.07) is 15.7. The van der Waals surface area contributed by atoms with Crippen molar-refractivity contribution in [1.82, 2.24) is 15.3 Å². The van der Waals surface area contributed by atoms with Crippen molar-refractivity contribution in [2.75, 3.05) is 5.32 Å². The minimum Gasteiger partial charge on any atom is -0.347 e. The maximum Gasteiger partial charge on any atom is 0.270 e. The molecule has 0 fully saturated rings. The molecule has 1 aromatic heterocycles. The van der Waals surface area contributed by atoms with Crippen molar-refractivity contribution >= 4 is 17.4 Å². The maximum atomic E-state index is 12.9. The highest BCUT2D eigenvalue weighted by Gasteiger charge is 2.11. The molecule has 0 spiro atoms. The third-order valence-electron chi connectivity index (χ3n) is 4.07. The Balaban J connectivity index is 1.69. The van der Waals surface area contributed by atoms with Gasteiger partial charge in [0.05, 0.1) is 0 Å². The Hall–Kier alpha value is -3.28. The van der Waals surface area contributed by atoms with Crippen molar-refractivity contribution in [2.24, 2.45) is 0 Å². The number of halogens is 1. The number of nitrogens with zero attached hydrogens (tertiary/aromatic N) is 2. The number of hydrogen-bond donors (Lipinski definition) is 2. The van der Waals surface area contributed by atoms with Crippen LogP contribution in [0.4, 0.5) is 15.9 Å². The summed E-state index contributed by atoms with van der Waals surface area (Å²) >= 11 is 0. The summed E-state index contributed by atoms with van der Waals surface area (Å²) < 4.78 is 12.9. The van der Waals surface area contributed by atoms with Gasteiger partial charge in [-0.25, -0.2) is 14.4 Å². The van der Waals surface area contributed by atoms with Crippen molar-refractivity contribution in [1.29, 1.82) is 0 Å². The summed E-state index contributed by atoms with van der Waals surface area (Å²) in [5.41, 5.74) is 3.23. The average molecular weight is 364 g/mol. The van der Waals surface area contributed by atoms with Crippen LogP contribution in [0.3, 0.4) is 0 Å². The third kappa shape index (κ3) is 5.10. The highest BCUT2D eigenvalue weighted by Crippen LogP contribution is 2.17. The van der Waals surface area contributed by atoms with E-state index in [9.17, 15) is 9.18 Å². The van der Waals surface area contributed by atoms with Crippen molar-refractivity contribution < 1.29 is 9.18 Å². The molecular weight excluding hydrogens is 343 g/mol. The van der Waals surface area contributed by atoms with Gasteiger partial charge in [-0.1, -0.05) is 31.2 Å². The number of rotatable bonds is 6. The number of hydrogen-bond acceptors (Lipinski definition) is 4. The van der Waals surface area contributed by atoms with Crippen LogP contribution in [0.5, 0.6) is 0 Å². The number of carbonyl (C=O) groups is 1. The van der Waals surface area contributed by atoms with E-state index in [0.717, 1.165) is 17.7 Å². The average Bonchev–Trinajstić information content (AvgIpc) is 2.67. The second kappa shape index (κ2) is 8.40. The first kappa shape index (κ1) is 18.5. The molecule has 138 valence electrons. The smallest absolute Gasteiger partial charge is 0.270 e. The van der Waals surface area contributed by atoms with E-state index in [-0.39, 0.29) is 17.4 Å². The Labute approximate surface area is 157 Å². The van der Waals surface area contributed by atoms with Gasteiger partial charge in [-0.3, -0.25) is 4.79 Å². The van der Waals surface area contributed by atoms with Crippen molar-refractivity contribution in [2.45, 2.75) is 26.8 Å². The number of nitrogens with one attached hydrogen (secondary N) is 2. The summed E-state index contributed by atoms with van der Waals surface area (Å²) in [6.07, 6.45) is 0.977. The van der Waals surface area contributed by atoms with Gasteiger partial charge in [0, 0.05) is 18.3 Å². The van der Waals surface area contributed by atoms with E-state index in [4.69, 9.17) is 0 Å². The number of anilines is 2. The lowest BCUT2D eigenvalue weighted by Gasteiger charge is -2.10. The molecule has 3 rings (SSSR count). The molecule has 0 saturated heterocycles. The first-order valence-electron chi connectivity index (χ1n) is 8.78. The minimum absolute atomic E-state index is 0.275. The van der Waals surface area contributed by atoms with Crippen LogP contribution >= 0.6 is 0 Å². The first-order chi connectivity index (χ1) is 13.0. The fourth-order valence-electron chi connectivity index (χ4n) is 2.59. The topological polar surface area (TPSA) is 66.9 Å². The Kier molecular flexibility index (Phi) is 5.76. The summed E-state index contributed by atoms with van der Waals surface area (Å²) in [5, 5.41) is 5.99. The van der Waals surface area contributed by atoms with Crippen LogP contribution in [0.1, 0.15) is 34.4 Å². The van der Waals surface area contributed by atoms with Crippen LogP contribution in [0, 0.1) is 12.7 Å².